The summed E-state index contributed by atoms with van der Waals surface area (Å²) >= 11 is 0. The Balaban J connectivity index is 2.88. The molecular weight excluding hydrogens is 216 g/mol. The molecule has 0 aliphatic rings. The lowest BCUT2D eigenvalue weighted by Gasteiger charge is -2.02. The topological polar surface area (TPSA) is 0 Å². The molecule has 0 aliphatic heterocycles. The molecule has 0 aromatic heterocycles. The Hall–Kier alpha value is 0.391. The monoisotopic (exact) mass is 239 g/mol. The minimum absolute atomic E-state index is 0.0558. The first-order valence-corrected chi connectivity index (χ1v) is 11.1. The third-order valence-corrected chi connectivity index (χ3v) is 6.08. The van der Waals surface area contributed by atoms with Crippen molar-refractivity contribution in [2.24, 2.45) is 0 Å². The van der Waals surface area contributed by atoms with Crippen molar-refractivity contribution >= 4 is 27.8 Å². The third-order valence-electron chi connectivity index (χ3n) is 2.03. The minimum atomic E-state index is 0.0558. The molecule has 0 fully saturated rings. The van der Waals surface area contributed by atoms with Crippen LogP contribution in [0.2, 0.25) is 43.3 Å². The van der Waals surface area contributed by atoms with Gasteiger partial charge >= 0.3 is 0 Å². The molecule has 0 nitrogen and oxygen atoms in total. The van der Waals surface area contributed by atoms with E-state index in [9.17, 15) is 0 Å². The number of hydrogen-bond donors (Lipinski definition) is 0. The van der Waals surface area contributed by atoms with Gasteiger partial charge in [0.15, 0.2) is 0 Å². The van der Waals surface area contributed by atoms with Gasteiger partial charge in [-0.3, -0.25) is 0 Å². The second kappa shape index (κ2) is 11.5. The summed E-state index contributed by atoms with van der Waals surface area (Å²) in [5, 5.41) is 0. The lowest BCUT2D eigenvalue weighted by molar-refractivity contribution is 1.01. The smallest absolute Gasteiger partial charge is 0.0420 e. The van der Waals surface area contributed by atoms with Gasteiger partial charge in [-0.2, -0.15) is 0 Å². The molecule has 79 valence electrons. The van der Waals surface area contributed by atoms with Gasteiger partial charge in [0.05, 0.1) is 0 Å². The summed E-state index contributed by atoms with van der Waals surface area (Å²) < 4.78 is 0. The van der Waals surface area contributed by atoms with Crippen LogP contribution >= 0.6 is 0 Å². The molecular formula is C11H23Si3. The summed E-state index contributed by atoms with van der Waals surface area (Å²) in [4.78, 5) is 0. The molecule has 0 rings (SSSR count). The van der Waals surface area contributed by atoms with Gasteiger partial charge in [0.1, 0.15) is 0 Å². The van der Waals surface area contributed by atoms with Crippen molar-refractivity contribution in [2.45, 2.75) is 56.2 Å². The molecule has 0 saturated heterocycles. The van der Waals surface area contributed by atoms with Gasteiger partial charge in [-0.05, 0) is 6.04 Å². The highest BCUT2D eigenvalue weighted by Crippen LogP contribution is 2.05. The Bertz CT molecular complexity index is 124. The van der Waals surface area contributed by atoms with Gasteiger partial charge in [-0.25, -0.2) is 0 Å². The molecule has 0 unspecified atom stereocenters. The Morgan fingerprint density at radius 3 is 2.36 bits per heavy atom. The Morgan fingerprint density at radius 1 is 1.07 bits per heavy atom. The maximum absolute atomic E-state index is 3.75. The maximum Gasteiger partial charge on any atom is 0.0420 e. The van der Waals surface area contributed by atoms with Crippen LogP contribution < -0.4 is 0 Å². The van der Waals surface area contributed by atoms with Gasteiger partial charge in [0.2, 0.25) is 0 Å². The van der Waals surface area contributed by atoms with Crippen LogP contribution in [0.25, 0.3) is 0 Å². The van der Waals surface area contributed by atoms with Gasteiger partial charge in [0.25, 0.3) is 0 Å². The van der Waals surface area contributed by atoms with E-state index in [2.05, 4.69) is 19.7 Å². The van der Waals surface area contributed by atoms with Crippen LogP contribution in [0, 0.1) is 0 Å². The van der Waals surface area contributed by atoms with Crippen molar-refractivity contribution in [2.75, 3.05) is 0 Å². The van der Waals surface area contributed by atoms with Crippen LogP contribution in [-0.4, -0.2) is 27.8 Å². The summed E-state index contributed by atoms with van der Waals surface area (Å²) in [5.74, 6) is 0. The third kappa shape index (κ3) is 12.4. The zero-order valence-corrected chi connectivity index (χ0v) is 12.7. The van der Waals surface area contributed by atoms with Crippen molar-refractivity contribution < 1.29 is 0 Å². The van der Waals surface area contributed by atoms with Gasteiger partial charge < -0.3 is 0 Å². The lowest BCUT2D eigenvalue weighted by Crippen LogP contribution is -1.99. The van der Waals surface area contributed by atoms with Crippen LogP contribution in [0.4, 0.5) is 0 Å². The summed E-state index contributed by atoms with van der Waals surface area (Å²) in [6.45, 7) is 8.59. The van der Waals surface area contributed by atoms with Gasteiger partial charge in [0, 0.05) is 27.8 Å². The summed E-state index contributed by atoms with van der Waals surface area (Å²) in [7, 11) is 2.43. The predicted octanol–water partition coefficient (Wildman–Crippen LogP) is 3.79. The normalized spacial score (nSPS) is 10.8. The van der Waals surface area contributed by atoms with Crippen molar-refractivity contribution in [3.63, 3.8) is 0 Å². The lowest BCUT2D eigenvalue weighted by atomic mass is 10.6. The van der Waals surface area contributed by atoms with Crippen LogP contribution in [-0.2, 0) is 0 Å². The van der Waals surface area contributed by atoms with E-state index >= 15 is 0 Å². The average molecular weight is 240 g/mol. The standard InChI is InChI=1S/C11H23Si3/c1-4-7-12-8-5-9-13-10-6-11-14(2)3/h4H,1,5-11H2,2-3H3. The molecule has 0 heterocycles. The molecule has 5 radical (unpaired) electrons. The molecule has 0 amide bonds. The van der Waals surface area contributed by atoms with E-state index in [0.29, 0.717) is 0 Å². The second-order valence-corrected chi connectivity index (χ2v) is 9.73. The van der Waals surface area contributed by atoms with Crippen LogP contribution in [0.3, 0.4) is 0 Å². The highest BCUT2D eigenvalue weighted by molar-refractivity contribution is 6.55. The summed E-state index contributed by atoms with van der Waals surface area (Å²) in [5.41, 5.74) is 0. The first kappa shape index (κ1) is 14.4. The molecule has 0 atom stereocenters. The van der Waals surface area contributed by atoms with Crippen molar-refractivity contribution in [1.29, 1.82) is 0 Å². The highest BCUT2D eigenvalue weighted by atomic mass is 28.3. The van der Waals surface area contributed by atoms with E-state index in [0.717, 1.165) is 9.52 Å². The largest absolute Gasteiger partial charge is 0.103 e. The zero-order valence-electron chi connectivity index (χ0n) is 9.73. The first-order chi connectivity index (χ1) is 6.77. The van der Waals surface area contributed by atoms with E-state index in [1.54, 1.807) is 0 Å². The molecule has 3 heteroatoms. The Morgan fingerprint density at radius 2 is 1.71 bits per heavy atom. The number of hydrogen-bond acceptors (Lipinski definition) is 0. The van der Waals surface area contributed by atoms with Gasteiger partial charge in [-0.1, -0.05) is 56.2 Å². The fraction of sp³-hybridized carbons (Fsp3) is 0.818. The second-order valence-electron chi connectivity index (χ2n) is 3.91. The van der Waals surface area contributed by atoms with E-state index in [1.165, 1.54) is 52.6 Å². The van der Waals surface area contributed by atoms with Crippen LogP contribution in [0.1, 0.15) is 12.8 Å². The van der Waals surface area contributed by atoms with E-state index in [1.807, 2.05) is 6.08 Å². The van der Waals surface area contributed by atoms with E-state index in [4.69, 9.17) is 0 Å². The fourth-order valence-corrected chi connectivity index (χ4v) is 4.76. The van der Waals surface area contributed by atoms with Crippen LogP contribution in [0.5, 0.6) is 0 Å². The number of rotatable bonds is 10. The molecule has 0 aliphatic carbocycles. The molecule has 0 saturated carbocycles. The zero-order chi connectivity index (χ0) is 10.6. The molecule has 0 aromatic rings. The maximum atomic E-state index is 3.75. The summed E-state index contributed by atoms with van der Waals surface area (Å²) in [6, 6.07) is 7.19. The quantitative estimate of drug-likeness (QED) is 0.309. The number of allylic oxidation sites excluding steroid dienone is 1. The Labute approximate surface area is 96.8 Å². The average Bonchev–Trinajstić information content (AvgIpc) is 2.15. The van der Waals surface area contributed by atoms with Crippen molar-refractivity contribution in [3.05, 3.63) is 12.7 Å². The van der Waals surface area contributed by atoms with Crippen LogP contribution in [0.15, 0.2) is 12.7 Å². The highest BCUT2D eigenvalue weighted by Gasteiger charge is 1.96. The molecule has 14 heavy (non-hydrogen) atoms. The predicted molar refractivity (Wildman–Crippen MR) is 72.5 cm³/mol. The molecule has 0 bridgehead atoms. The summed E-state index contributed by atoms with van der Waals surface area (Å²) in [6.07, 6.45) is 5.00. The van der Waals surface area contributed by atoms with E-state index in [-0.39, 0.29) is 8.80 Å². The van der Waals surface area contributed by atoms with Crippen molar-refractivity contribution in [3.8, 4) is 0 Å². The van der Waals surface area contributed by atoms with E-state index < -0.39 is 0 Å². The molecule has 0 N–H and O–H groups in total. The van der Waals surface area contributed by atoms with Gasteiger partial charge in [-0.15, -0.1) is 6.58 Å². The SMILES string of the molecule is C=CC[Si]CCC[Si]CCC[Si](C)C. The first-order valence-electron chi connectivity index (χ1n) is 5.58. The van der Waals surface area contributed by atoms with Crippen molar-refractivity contribution in [1.82, 2.24) is 0 Å². The molecule has 0 aromatic carbocycles. The molecule has 0 spiro atoms. The minimum Gasteiger partial charge on any atom is -0.103 e. The Kier molecular flexibility index (Phi) is 11.8. The fourth-order valence-electron chi connectivity index (χ4n) is 1.23.